The molecular formula is C25H24F3N3O4. The summed E-state index contributed by atoms with van der Waals surface area (Å²) in [4.78, 5) is 29.0. The molecule has 1 fully saturated rings. The maximum Gasteiger partial charge on any atom is 0.416 e. The standard InChI is InChI=1S/C25H24F3N3O4/c1-16-21(17(2)35-29-16)15-34-22-9-4-3-8-20(22)24(33)31-12-10-30(11-13-31)23(32)18-6-5-7-19(14-18)25(26,27)28/h3-9,14H,10-13,15H2,1-2H3. The van der Waals surface area contributed by atoms with Gasteiger partial charge in [0.15, 0.2) is 0 Å². The molecular weight excluding hydrogens is 463 g/mol. The summed E-state index contributed by atoms with van der Waals surface area (Å²) in [7, 11) is 0. The van der Waals surface area contributed by atoms with Crippen LogP contribution in [0.25, 0.3) is 0 Å². The number of hydrogen-bond donors (Lipinski definition) is 0. The van der Waals surface area contributed by atoms with Crippen LogP contribution < -0.4 is 4.74 Å². The third-order valence-electron chi connectivity index (χ3n) is 5.96. The second kappa shape index (κ2) is 9.81. The lowest BCUT2D eigenvalue weighted by Gasteiger charge is -2.35. The number of alkyl halides is 3. The number of nitrogens with zero attached hydrogens (tertiary/aromatic N) is 3. The van der Waals surface area contributed by atoms with Crippen molar-refractivity contribution in [2.45, 2.75) is 26.6 Å². The van der Waals surface area contributed by atoms with Crippen LogP contribution in [0.15, 0.2) is 53.1 Å². The lowest BCUT2D eigenvalue weighted by molar-refractivity contribution is -0.137. The van der Waals surface area contributed by atoms with E-state index >= 15 is 0 Å². The highest BCUT2D eigenvalue weighted by Crippen LogP contribution is 2.30. The van der Waals surface area contributed by atoms with E-state index in [0.29, 0.717) is 22.8 Å². The van der Waals surface area contributed by atoms with Crippen LogP contribution in [0.5, 0.6) is 5.75 Å². The molecule has 10 heteroatoms. The zero-order valence-electron chi connectivity index (χ0n) is 19.3. The fraction of sp³-hybridized carbons (Fsp3) is 0.320. The summed E-state index contributed by atoms with van der Waals surface area (Å²) in [6.07, 6.45) is -4.53. The Balaban J connectivity index is 1.40. The number of halogens is 3. The highest BCUT2D eigenvalue weighted by molar-refractivity contribution is 5.97. The Morgan fingerprint density at radius 2 is 1.63 bits per heavy atom. The molecule has 1 aliphatic rings. The largest absolute Gasteiger partial charge is 0.488 e. The Morgan fingerprint density at radius 3 is 2.26 bits per heavy atom. The average Bonchev–Trinajstić information content (AvgIpc) is 3.18. The van der Waals surface area contributed by atoms with Gasteiger partial charge < -0.3 is 19.1 Å². The molecule has 0 bridgehead atoms. The van der Waals surface area contributed by atoms with Gasteiger partial charge in [0.25, 0.3) is 11.8 Å². The molecule has 2 amide bonds. The van der Waals surface area contributed by atoms with Gasteiger partial charge in [0, 0.05) is 31.7 Å². The minimum Gasteiger partial charge on any atom is -0.488 e. The summed E-state index contributed by atoms with van der Waals surface area (Å²) in [5.74, 6) is 0.324. The molecule has 0 spiro atoms. The summed E-state index contributed by atoms with van der Waals surface area (Å²) in [5.41, 5.74) is 1.02. The monoisotopic (exact) mass is 487 g/mol. The van der Waals surface area contributed by atoms with Crippen LogP contribution in [-0.4, -0.2) is 52.9 Å². The molecule has 3 aromatic rings. The van der Waals surface area contributed by atoms with Gasteiger partial charge in [-0.2, -0.15) is 13.2 Å². The molecule has 1 saturated heterocycles. The summed E-state index contributed by atoms with van der Waals surface area (Å²) in [6, 6.07) is 11.3. The maximum absolute atomic E-state index is 13.2. The van der Waals surface area contributed by atoms with Gasteiger partial charge in [0.2, 0.25) is 0 Å². The molecule has 0 atom stereocenters. The number of para-hydroxylation sites is 1. The normalized spacial score (nSPS) is 14.2. The average molecular weight is 487 g/mol. The van der Waals surface area contributed by atoms with Crippen LogP contribution in [0, 0.1) is 13.8 Å². The maximum atomic E-state index is 13.2. The van der Waals surface area contributed by atoms with Crippen molar-refractivity contribution in [2.75, 3.05) is 26.2 Å². The van der Waals surface area contributed by atoms with E-state index in [4.69, 9.17) is 9.26 Å². The second-order valence-electron chi connectivity index (χ2n) is 8.25. The number of carbonyl (C=O) groups excluding carboxylic acids is 2. The Bertz CT molecular complexity index is 1210. The minimum atomic E-state index is -4.53. The smallest absolute Gasteiger partial charge is 0.416 e. The molecule has 7 nitrogen and oxygen atoms in total. The third-order valence-corrected chi connectivity index (χ3v) is 5.96. The molecule has 1 aliphatic heterocycles. The van der Waals surface area contributed by atoms with Gasteiger partial charge in [-0.15, -0.1) is 0 Å². The van der Waals surface area contributed by atoms with E-state index in [1.165, 1.54) is 17.0 Å². The quantitative estimate of drug-likeness (QED) is 0.530. The summed E-state index contributed by atoms with van der Waals surface area (Å²) in [6.45, 7) is 4.72. The van der Waals surface area contributed by atoms with Crippen molar-refractivity contribution in [3.8, 4) is 5.75 Å². The van der Waals surface area contributed by atoms with E-state index in [-0.39, 0.29) is 44.3 Å². The first-order chi connectivity index (χ1) is 16.6. The fourth-order valence-corrected chi connectivity index (χ4v) is 3.92. The second-order valence-corrected chi connectivity index (χ2v) is 8.25. The van der Waals surface area contributed by atoms with Gasteiger partial charge in [0.05, 0.1) is 22.4 Å². The number of amides is 2. The third kappa shape index (κ3) is 5.31. The number of aromatic nitrogens is 1. The van der Waals surface area contributed by atoms with Crippen molar-refractivity contribution in [3.63, 3.8) is 0 Å². The fourth-order valence-electron chi connectivity index (χ4n) is 3.92. The summed E-state index contributed by atoms with van der Waals surface area (Å²) < 4.78 is 50.0. The van der Waals surface area contributed by atoms with Gasteiger partial charge in [-0.05, 0) is 44.2 Å². The molecule has 35 heavy (non-hydrogen) atoms. The first kappa shape index (κ1) is 24.3. The number of piperazine rings is 1. The molecule has 0 N–H and O–H groups in total. The zero-order valence-corrected chi connectivity index (χ0v) is 19.3. The number of carbonyl (C=O) groups is 2. The van der Waals surface area contributed by atoms with Crippen LogP contribution in [-0.2, 0) is 12.8 Å². The van der Waals surface area contributed by atoms with Gasteiger partial charge in [-0.3, -0.25) is 9.59 Å². The minimum absolute atomic E-state index is 0.0299. The highest BCUT2D eigenvalue weighted by atomic mass is 19.4. The van der Waals surface area contributed by atoms with Gasteiger partial charge in [-0.1, -0.05) is 23.4 Å². The molecule has 0 aliphatic carbocycles. The summed E-state index contributed by atoms with van der Waals surface area (Å²) in [5, 5.41) is 3.90. The predicted molar refractivity (Wildman–Crippen MR) is 120 cm³/mol. The highest BCUT2D eigenvalue weighted by Gasteiger charge is 2.32. The Labute approximate surface area is 200 Å². The van der Waals surface area contributed by atoms with E-state index in [1.807, 2.05) is 6.92 Å². The van der Waals surface area contributed by atoms with E-state index in [9.17, 15) is 22.8 Å². The number of aryl methyl sites for hydroxylation is 2. The van der Waals surface area contributed by atoms with Gasteiger partial charge in [0.1, 0.15) is 18.1 Å². The van der Waals surface area contributed by atoms with Gasteiger partial charge >= 0.3 is 6.18 Å². The van der Waals surface area contributed by atoms with Crippen molar-refractivity contribution in [2.24, 2.45) is 0 Å². The van der Waals surface area contributed by atoms with Crippen LogP contribution in [0.3, 0.4) is 0 Å². The van der Waals surface area contributed by atoms with Crippen LogP contribution in [0.4, 0.5) is 13.2 Å². The van der Waals surface area contributed by atoms with Crippen LogP contribution in [0.1, 0.15) is 43.3 Å². The van der Waals surface area contributed by atoms with E-state index in [1.54, 1.807) is 36.1 Å². The first-order valence-corrected chi connectivity index (χ1v) is 11.0. The van der Waals surface area contributed by atoms with Crippen molar-refractivity contribution >= 4 is 11.8 Å². The van der Waals surface area contributed by atoms with Crippen molar-refractivity contribution in [1.82, 2.24) is 15.0 Å². The molecule has 0 unspecified atom stereocenters. The lowest BCUT2D eigenvalue weighted by Crippen LogP contribution is -2.50. The first-order valence-electron chi connectivity index (χ1n) is 11.0. The number of hydrogen-bond acceptors (Lipinski definition) is 5. The Morgan fingerprint density at radius 1 is 0.971 bits per heavy atom. The van der Waals surface area contributed by atoms with Crippen molar-refractivity contribution in [1.29, 1.82) is 0 Å². The summed E-state index contributed by atoms with van der Waals surface area (Å²) >= 11 is 0. The van der Waals surface area contributed by atoms with E-state index in [2.05, 4.69) is 5.16 Å². The molecule has 0 saturated carbocycles. The molecule has 2 heterocycles. The number of benzene rings is 2. The van der Waals surface area contributed by atoms with Crippen molar-refractivity contribution in [3.05, 3.63) is 82.2 Å². The van der Waals surface area contributed by atoms with E-state index < -0.39 is 17.6 Å². The van der Waals surface area contributed by atoms with Crippen molar-refractivity contribution < 1.29 is 32.0 Å². The number of ether oxygens (including phenoxy) is 1. The topological polar surface area (TPSA) is 75.9 Å². The SMILES string of the molecule is Cc1noc(C)c1COc1ccccc1C(=O)N1CCN(C(=O)c2cccc(C(F)(F)F)c2)CC1. The van der Waals surface area contributed by atoms with Crippen LogP contribution >= 0.6 is 0 Å². The van der Waals surface area contributed by atoms with Crippen LogP contribution in [0.2, 0.25) is 0 Å². The lowest BCUT2D eigenvalue weighted by atomic mass is 10.1. The zero-order chi connectivity index (χ0) is 25.2. The van der Waals surface area contributed by atoms with E-state index in [0.717, 1.165) is 17.7 Å². The molecule has 0 radical (unpaired) electrons. The Kier molecular flexibility index (Phi) is 6.81. The van der Waals surface area contributed by atoms with Gasteiger partial charge in [-0.25, -0.2) is 0 Å². The molecule has 1 aromatic heterocycles. The molecule has 184 valence electrons. The Hall–Kier alpha value is -3.82. The predicted octanol–water partition coefficient (Wildman–Crippen LogP) is 4.49. The number of rotatable bonds is 5. The molecule has 2 aromatic carbocycles. The molecule has 4 rings (SSSR count).